The number of amides is 2. The molecule has 1 saturated heterocycles. The van der Waals surface area contributed by atoms with E-state index in [2.05, 4.69) is 10.6 Å². The second-order valence-electron chi connectivity index (χ2n) is 5.50. The standard InChI is InChI=1S/C17H18F2N4O2/c18-13-4-1-5-14(19)16(13)22-11-12(10-20)17(25)21-7-3-9-23-8-2-6-15(23)24/h1,4-5,11,22H,2-3,6-9H2,(H,21,25)/b12-11-. The summed E-state index contributed by atoms with van der Waals surface area (Å²) in [6.45, 7) is 1.56. The van der Waals surface area contributed by atoms with Crippen LogP contribution in [0.4, 0.5) is 14.5 Å². The molecule has 0 aliphatic carbocycles. The topological polar surface area (TPSA) is 85.2 Å². The average Bonchev–Trinajstić information content (AvgIpc) is 2.99. The quantitative estimate of drug-likeness (QED) is 0.448. The van der Waals surface area contributed by atoms with Crippen LogP contribution in [-0.2, 0) is 9.59 Å². The number of nitriles is 1. The van der Waals surface area contributed by atoms with Gasteiger partial charge in [-0.25, -0.2) is 8.78 Å². The van der Waals surface area contributed by atoms with Crippen LogP contribution in [0.5, 0.6) is 0 Å². The molecule has 0 unspecified atom stereocenters. The van der Waals surface area contributed by atoms with Crippen molar-refractivity contribution < 1.29 is 18.4 Å². The first kappa shape index (κ1) is 18.4. The van der Waals surface area contributed by atoms with Crippen LogP contribution in [0.1, 0.15) is 19.3 Å². The molecular formula is C17H18F2N4O2. The maximum atomic E-state index is 13.5. The zero-order chi connectivity index (χ0) is 18.2. The van der Waals surface area contributed by atoms with Crippen molar-refractivity contribution in [3.05, 3.63) is 41.6 Å². The van der Waals surface area contributed by atoms with Gasteiger partial charge in [0.2, 0.25) is 5.91 Å². The SMILES string of the molecule is N#C/C(=C/Nc1c(F)cccc1F)C(=O)NCCCN1CCCC1=O. The third-order valence-corrected chi connectivity index (χ3v) is 3.75. The highest BCUT2D eigenvalue weighted by Gasteiger charge is 2.19. The van der Waals surface area contributed by atoms with Gasteiger partial charge in [0.1, 0.15) is 29.0 Å². The number of anilines is 1. The van der Waals surface area contributed by atoms with Crippen molar-refractivity contribution in [1.82, 2.24) is 10.2 Å². The maximum absolute atomic E-state index is 13.5. The summed E-state index contributed by atoms with van der Waals surface area (Å²) in [4.78, 5) is 25.1. The van der Waals surface area contributed by atoms with E-state index in [1.54, 1.807) is 11.0 Å². The molecule has 1 fully saturated rings. The highest BCUT2D eigenvalue weighted by atomic mass is 19.1. The number of rotatable bonds is 7. The Kier molecular flexibility index (Phi) is 6.46. The molecule has 25 heavy (non-hydrogen) atoms. The van der Waals surface area contributed by atoms with Gasteiger partial charge < -0.3 is 15.5 Å². The molecule has 1 aliphatic rings. The molecule has 6 nitrogen and oxygen atoms in total. The predicted octanol–water partition coefficient (Wildman–Crippen LogP) is 1.91. The first-order valence-electron chi connectivity index (χ1n) is 7.89. The number of carbonyl (C=O) groups excluding carboxylic acids is 2. The van der Waals surface area contributed by atoms with Crippen LogP contribution in [0.15, 0.2) is 30.0 Å². The van der Waals surface area contributed by atoms with Gasteiger partial charge in [-0.15, -0.1) is 0 Å². The smallest absolute Gasteiger partial charge is 0.263 e. The van der Waals surface area contributed by atoms with Crippen molar-refractivity contribution in [3.63, 3.8) is 0 Å². The number of hydrogen-bond acceptors (Lipinski definition) is 4. The fourth-order valence-corrected chi connectivity index (χ4v) is 2.44. The van der Waals surface area contributed by atoms with Crippen molar-refractivity contribution in [2.75, 3.05) is 25.0 Å². The molecular weight excluding hydrogens is 330 g/mol. The van der Waals surface area contributed by atoms with Gasteiger partial charge in [0.05, 0.1) is 0 Å². The van der Waals surface area contributed by atoms with E-state index in [0.717, 1.165) is 31.3 Å². The van der Waals surface area contributed by atoms with Crippen LogP contribution in [0.25, 0.3) is 0 Å². The molecule has 0 saturated carbocycles. The molecule has 0 spiro atoms. The summed E-state index contributed by atoms with van der Waals surface area (Å²) in [7, 11) is 0. The second kappa shape index (κ2) is 8.78. The predicted molar refractivity (Wildman–Crippen MR) is 87.1 cm³/mol. The Hall–Kier alpha value is -2.95. The Bertz CT molecular complexity index is 708. The van der Waals surface area contributed by atoms with E-state index in [4.69, 9.17) is 5.26 Å². The van der Waals surface area contributed by atoms with Gasteiger partial charge in [0.25, 0.3) is 5.91 Å². The van der Waals surface area contributed by atoms with E-state index in [1.165, 1.54) is 6.07 Å². The van der Waals surface area contributed by atoms with E-state index >= 15 is 0 Å². The van der Waals surface area contributed by atoms with Crippen molar-refractivity contribution >= 4 is 17.5 Å². The fraction of sp³-hybridized carbons (Fsp3) is 0.353. The first-order chi connectivity index (χ1) is 12.0. The molecule has 0 bridgehead atoms. The van der Waals surface area contributed by atoms with Crippen LogP contribution in [0.2, 0.25) is 0 Å². The molecule has 2 N–H and O–H groups in total. The largest absolute Gasteiger partial charge is 0.355 e. The highest BCUT2D eigenvalue weighted by Crippen LogP contribution is 2.18. The number of carbonyl (C=O) groups is 2. The molecule has 1 heterocycles. The molecule has 1 aromatic carbocycles. The summed E-state index contributed by atoms with van der Waals surface area (Å²) in [5, 5.41) is 13.9. The lowest BCUT2D eigenvalue weighted by atomic mass is 10.2. The van der Waals surface area contributed by atoms with Crippen molar-refractivity contribution in [1.29, 1.82) is 5.26 Å². The lowest BCUT2D eigenvalue weighted by Gasteiger charge is -2.15. The number of likely N-dealkylation sites (tertiary alicyclic amines) is 1. The minimum Gasteiger partial charge on any atom is -0.355 e. The monoisotopic (exact) mass is 348 g/mol. The lowest BCUT2D eigenvalue weighted by Crippen LogP contribution is -2.31. The molecule has 132 valence electrons. The zero-order valence-electron chi connectivity index (χ0n) is 13.5. The Labute approximate surface area is 144 Å². The van der Waals surface area contributed by atoms with E-state index in [9.17, 15) is 18.4 Å². The number of nitrogens with zero attached hydrogens (tertiary/aromatic N) is 2. The highest BCUT2D eigenvalue weighted by molar-refractivity contribution is 5.97. The van der Waals surface area contributed by atoms with Gasteiger partial charge >= 0.3 is 0 Å². The molecule has 2 amide bonds. The van der Waals surface area contributed by atoms with Gasteiger partial charge in [-0.1, -0.05) is 6.07 Å². The molecule has 0 aromatic heterocycles. The van der Waals surface area contributed by atoms with Gasteiger partial charge in [0, 0.05) is 32.3 Å². The second-order valence-corrected chi connectivity index (χ2v) is 5.50. The number of nitrogens with one attached hydrogen (secondary N) is 2. The summed E-state index contributed by atoms with van der Waals surface area (Å²) in [5.74, 6) is -2.20. The molecule has 8 heteroatoms. The summed E-state index contributed by atoms with van der Waals surface area (Å²) in [6, 6.07) is 5.01. The molecule has 1 aliphatic heterocycles. The molecule has 0 radical (unpaired) electrons. The Morgan fingerprint density at radius 3 is 2.68 bits per heavy atom. The number of halogens is 2. The van der Waals surface area contributed by atoms with Crippen LogP contribution in [0.3, 0.4) is 0 Å². The Balaban J connectivity index is 1.84. The molecule has 1 aromatic rings. The van der Waals surface area contributed by atoms with Crippen LogP contribution in [-0.4, -0.2) is 36.3 Å². The van der Waals surface area contributed by atoms with E-state index in [0.29, 0.717) is 19.4 Å². The lowest BCUT2D eigenvalue weighted by molar-refractivity contribution is -0.127. The first-order valence-corrected chi connectivity index (χ1v) is 7.89. The van der Waals surface area contributed by atoms with E-state index in [-0.39, 0.29) is 18.0 Å². The Morgan fingerprint density at radius 1 is 1.36 bits per heavy atom. The normalized spacial score (nSPS) is 14.4. The average molecular weight is 348 g/mol. The van der Waals surface area contributed by atoms with Crippen molar-refractivity contribution in [2.45, 2.75) is 19.3 Å². The van der Waals surface area contributed by atoms with Gasteiger partial charge in [-0.2, -0.15) is 5.26 Å². The number of para-hydroxylation sites is 1. The van der Waals surface area contributed by atoms with Crippen LogP contribution < -0.4 is 10.6 Å². The number of benzene rings is 1. The molecule has 0 atom stereocenters. The third kappa shape index (κ3) is 5.01. The summed E-state index contributed by atoms with van der Waals surface area (Å²) in [5.41, 5.74) is -0.740. The Morgan fingerprint density at radius 2 is 2.08 bits per heavy atom. The summed E-state index contributed by atoms with van der Waals surface area (Å²) in [6.07, 6.45) is 2.93. The van der Waals surface area contributed by atoms with Crippen molar-refractivity contribution in [2.24, 2.45) is 0 Å². The third-order valence-electron chi connectivity index (χ3n) is 3.75. The van der Waals surface area contributed by atoms with Gasteiger partial charge in [-0.05, 0) is 25.0 Å². The summed E-state index contributed by atoms with van der Waals surface area (Å²) >= 11 is 0. The zero-order valence-corrected chi connectivity index (χ0v) is 13.5. The van der Waals surface area contributed by atoms with Crippen molar-refractivity contribution in [3.8, 4) is 6.07 Å². The minimum atomic E-state index is -0.829. The fourth-order valence-electron chi connectivity index (χ4n) is 2.44. The van der Waals surface area contributed by atoms with Crippen LogP contribution >= 0.6 is 0 Å². The van der Waals surface area contributed by atoms with Gasteiger partial charge in [-0.3, -0.25) is 9.59 Å². The van der Waals surface area contributed by atoms with E-state index < -0.39 is 23.2 Å². The number of hydrogen-bond donors (Lipinski definition) is 2. The van der Waals surface area contributed by atoms with E-state index in [1.807, 2.05) is 0 Å². The summed E-state index contributed by atoms with van der Waals surface area (Å²) < 4.78 is 27.0. The van der Waals surface area contributed by atoms with Crippen LogP contribution in [0, 0.1) is 23.0 Å². The van der Waals surface area contributed by atoms with Gasteiger partial charge in [0.15, 0.2) is 0 Å². The maximum Gasteiger partial charge on any atom is 0.263 e. The minimum absolute atomic E-state index is 0.111. The molecule has 2 rings (SSSR count).